The second-order valence-corrected chi connectivity index (χ2v) is 2.79. The Kier molecular flexibility index (Phi) is 2.49. The molecule has 1 saturated carbocycles. The first-order valence-corrected chi connectivity index (χ1v) is 3.63. The molecule has 0 heterocycles. The number of aliphatic hydroxyl groups excluding tert-OH is 2. The third kappa shape index (κ3) is 1.66. The van der Waals surface area contributed by atoms with Gasteiger partial charge in [0.05, 0.1) is 6.10 Å². The van der Waals surface area contributed by atoms with Crippen molar-refractivity contribution in [1.82, 2.24) is 0 Å². The topological polar surface area (TPSA) is 40.5 Å². The summed E-state index contributed by atoms with van der Waals surface area (Å²) >= 11 is 0. The molecule has 0 aromatic carbocycles. The first-order chi connectivity index (χ1) is 4.34. The van der Waals surface area contributed by atoms with Crippen molar-refractivity contribution in [2.75, 3.05) is 6.61 Å². The van der Waals surface area contributed by atoms with Gasteiger partial charge in [0, 0.05) is 12.5 Å². The zero-order chi connectivity index (χ0) is 6.69. The molecule has 0 saturated heterocycles. The van der Waals surface area contributed by atoms with Crippen LogP contribution in [0, 0.1) is 5.92 Å². The maximum Gasteiger partial charge on any atom is 0.0590 e. The summed E-state index contributed by atoms with van der Waals surface area (Å²) in [6, 6.07) is 0. The van der Waals surface area contributed by atoms with Crippen molar-refractivity contribution in [3.8, 4) is 0 Å². The van der Waals surface area contributed by atoms with Crippen LogP contribution in [0.3, 0.4) is 0 Å². The third-order valence-corrected chi connectivity index (χ3v) is 2.10. The van der Waals surface area contributed by atoms with Gasteiger partial charge < -0.3 is 10.2 Å². The van der Waals surface area contributed by atoms with Gasteiger partial charge in [-0.05, 0) is 12.8 Å². The Labute approximate surface area is 55.5 Å². The molecule has 0 bridgehead atoms. The molecule has 1 aliphatic rings. The van der Waals surface area contributed by atoms with Gasteiger partial charge in [-0.15, -0.1) is 0 Å². The summed E-state index contributed by atoms with van der Waals surface area (Å²) in [6.07, 6.45) is 3.94. The van der Waals surface area contributed by atoms with Crippen LogP contribution in [0.25, 0.3) is 0 Å². The Bertz CT molecular complexity index is 83.0. The van der Waals surface area contributed by atoms with Gasteiger partial charge in [-0.25, -0.2) is 0 Å². The molecule has 1 fully saturated rings. The van der Waals surface area contributed by atoms with Crippen LogP contribution in [-0.2, 0) is 0 Å². The zero-order valence-electron chi connectivity index (χ0n) is 5.58. The Morgan fingerprint density at radius 1 is 1.22 bits per heavy atom. The van der Waals surface area contributed by atoms with Crippen LogP contribution < -0.4 is 0 Å². The average molecular weight is 130 g/mol. The van der Waals surface area contributed by atoms with Crippen molar-refractivity contribution in [2.24, 2.45) is 5.92 Å². The minimum absolute atomic E-state index is 0.154. The van der Waals surface area contributed by atoms with Crippen LogP contribution in [0.5, 0.6) is 0 Å². The summed E-state index contributed by atoms with van der Waals surface area (Å²) < 4.78 is 0. The first-order valence-electron chi connectivity index (χ1n) is 3.63. The molecular weight excluding hydrogens is 116 g/mol. The van der Waals surface area contributed by atoms with E-state index in [0.717, 1.165) is 19.3 Å². The Balaban J connectivity index is 2.30. The molecule has 1 rings (SSSR count). The molecule has 0 spiro atoms. The summed E-state index contributed by atoms with van der Waals surface area (Å²) in [5.74, 6) is 0.166. The molecule has 1 aliphatic carbocycles. The van der Waals surface area contributed by atoms with Gasteiger partial charge in [0.25, 0.3) is 0 Å². The molecule has 0 aromatic heterocycles. The van der Waals surface area contributed by atoms with Crippen molar-refractivity contribution < 1.29 is 10.2 Å². The van der Waals surface area contributed by atoms with Gasteiger partial charge in [-0.3, -0.25) is 0 Å². The molecule has 2 heteroatoms. The lowest BCUT2D eigenvalue weighted by molar-refractivity contribution is 0.0359. The van der Waals surface area contributed by atoms with Crippen molar-refractivity contribution in [3.05, 3.63) is 0 Å². The molecule has 0 aromatic rings. The summed E-state index contributed by atoms with van der Waals surface area (Å²) in [5.41, 5.74) is 0. The minimum Gasteiger partial charge on any atom is -0.396 e. The van der Waals surface area contributed by atoms with Gasteiger partial charge in [-0.1, -0.05) is 12.8 Å². The van der Waals surface area contributed by atoms with Crippen LogP contribution in [0.15, 0.2) is 0 Å². The van der Waals surface area contributed by atoms with E-state index in [1.807, 2.05) is 0 Å². The standard InChI is InChI=1S/C7H14O2/c8-5-6-3-1-2-4-7(6)9/h6-9H,1-5H2/t6-,7-/m0/s1. The second-order valence-electron chi connectivity index (χ2n) is 2.79. The van der Waals surface area contributed by atoms with Gasteiger partial charge in [0.2, 0.25) is 0 Å². The normalized spacial score (nSPS) is 36.7. The number of hydrogen-bond donors (Lipinski definition) is 2. The smallest absolute Gasteiger partial charge is 0.0590 e. The fourth-order valence-corrected chi connectivity index (χ4v) is 1.40. The SMILES string of the molecule is OC[C@@H]1CCCC[C@@H]1O. The summed E-state index contributed by atoms with van der Waals surface area (Å²) in [4.78, 5) is 0. The number of hydrogen-bond acceptors (Lipinski definition) is 2. The highest BCUT2D eigenvalue weighted by molar-refractivity contribution is 4.72. The highest BCUT2D eigenvalue weighted by atomic mass is 16.3. The summed E-state index contributed by atoms with van der Waals surface area (Å²) in [6.45, 7) is 0.154. The van der Waals surface area contributed by atoms with Crippen LogP contribution in [-0.4, -0.2) is 22.9 Å². The highest BCUT2D eigenvalue weighted by Gasteiger charge is 2.21. The van der Waals surface area contributed by atoms with E-state index in [1.165, 1.54) is 6.42 Å². The van der Waals surface area contributed by atoms with Crippen LogP contribution in [0.2, 0.25) is 0 Å². The molecule has 9 heavy (non-hydrogen) atoms. The van der Waals surface area contributed by atoms with E-state index < -0.39 is 0 Å². The van der Waals surface area contributed by atoms with Crippen molar-refractivity contribution in [2.45, 2.75) is 31.8 Å². The van der Waals surface area contributed by atoms with Crippen LogP contribution in [0.4, 0.5) is 0 Å². The maximum atomic E-state index is 9.21. The summed E-state index contributed by atoms with van der Waals surface area (Å²) in [5, 5.41) is 17.9. The second kappa shape index (κ2) is 3.18. The fraction of sp³-hybridized carbons (Fsp3) is 1.00. The summed E-state index contributed by atoms with van der Waals surface area (Å²) in [7, 11) is 0. The molecule has 54 valence electrons. The van der Waals surface area contributed by atoms with E-state index in [4.69, 9.17) is 5.11 Å². The third-order valence-electron chi connectivity index (χ3n) is 2.10. The van der Waals surface area contributed by atoms with E-state index in [-0.39, 0.29) is 18.6 Å². The molecule has 0 radical (unpaired) electrons. The van der Waals surface area contributed by atoms with Gasteiger partial charge in [0.15, 0.2) is 0 Å². The fourth-order valence-electron chi connectivity index (χ4n) is 1.40. The lowest BCUT2D eigenvalue weighted by Crippen LogP contribution is -2.26. The highest BCUT2D eigenvalue weighted by Crippen LogP contribution is 2.23. The lowest BCUT2D eigenvalue weighted by atomic mass is 9.87. The monoisotopic (exact) mass is 130 g/mol. The molecule has 0 aliphatic heterocycles. The van der Waals surface area contributed by atoms with Crippen LogP contribution in [0.1, 0.15) is 25.7 Å². The van der Waals surface area contributed by atoms with E-state index in [2.05, 4.69) is 0 Å². The predicted molar refractivity (Wildman–Crippen MR) is 35.1 cm³/mol. The van der Waals surface area contributed by atoms with Crippen LogP contribution >= 0.6 is 0 Å². The van der Waals surface area contributed by atoms with Gasteiger partial charge >= 0.3 is 0 Å². The predicted octanol–water partition coefficient (Wildman–Crippen LogP) is 0.530. The van der Waals surface area contributed by atoms with E-state index in [0.29, 0.717) is 0 Å². The first kappa shape index (κ1) is 7.03. The largest absolute Gasteiger partial charge is 0.396 e. The minimum atomic E-state index is -0.233. The average Bonchev–Trinajstić information content (AvgIpc) is 1.89. The Hall–Kier alpha value is -0.0800. The zero-order valence-corrected chi connectivity index (χ0v) is 5.58. The quantitative estimate of drug-likeness (QED) is 0.543. The molecular formula is C7H14O2. The molecule has 0 unspecified atom stereocenters. The van der Waals surface area contributed by atoms with E-state index >= 15 is 0 Å². The van der Waals surface area contributed by atoms with Gasteiger partial charge in [-0.2, -0.15) is 0 Å². The Morgan fingerprint density at radius 3 is 2.33 bits per heavy atom. The van der Waals surface area contributed by atoms with Crippen molar-refractivity contribution in [3.63, 3.8) is 0 Å². The Morgan fingerprint density at radius 2 is 1.89 bits per heavy atom. The molecule has 2 nitrogen and oxygen atoms in total. The number of aliphatic hydroxyl groups is 2. The molecule has 2 N–H and O–H groups in total. The van der Waals surface area contributed by atoms with Crippen molar-refractivity contribution in [1.29, 1.82) is 0 Å². The lowest BCUT2D eigenvalue weighted by Gasteiger charge is -2.25. The maximum absolute atomic E-state index is 9.21. The number of rotatable bonds is 1. The molecule has 2 atom stereocenters. The molecule has 0 amide bonds. The van der Waals surface area contributed by atoms with Crippen molar-refractivity contribution >= 4 is 0 Å². The van der Waals surface area contributed by atoms with E-state index in [1.54, 1.807) is 0 Å². The van der Waals surface area contributed by atoms with Gasteiger partial charge in [0.1, 0.15) is 0 Å². The van der Waals surface area contributed by atoms with E-state index in [9.17, 15) is 5.11 Å².